The molecule has 1 aliphatic heterocycles. The van der Waals surface area contributed by atoms with Crippen LogP contribution >= 0.6 is 0 Å². The summed E-state index contributed by atoms with van der Waals surface area (Å²) in [6.45, 7) is -1.29. The molecule has 2 aromatic rings. The van der Waals surface area contributed by atoms with E-state index >= 15 is 0 Å². The van der Waals surface area contributed by atoms with Gasteiger partial charge in [0.2, 0.25) is 0 Å². The quantitative estimate of drug-likeness (QED) is 0.851. The molecule has 22 heavy (non-hydrogen) atoms. The van der Waals surface area contributed by atoms with Gasteiger partial charge in [-0.3, -0.25) is 0 Å². The number of alkyl halides is 2. The number of hydrogen-bond acceptors (Lipinski definition) is 5. The molecular weight excluding hydrogens is 290 g/mol. The lowest BCUT2D eigenvalue weighted by atomic mass is 9.83. The summed E-state index contributed by atoms with van der Waals surface area (Å²) in [6, 6.07) is 2.41. The van der Waals surface area contributed by atoms with Gasteiger partial charge in [-0.2, -0.15) is 23.8 Å². The molecule has 0 bridgehead atoms. The first kappa shape index (κ1) is 13.4. The standard InChI is InChI=1S/C14H14F2N6/c15-13(16)22-12-10(6-19-22)20-11(7-18-12)21-4-3-14(1-2-14)9(5-17)8-21/h6-7,9,13H,1-4,8H2. The summed E-state index contributed by atoms with van der Waals surface area (Å²) in [7, 11) is 0. The minimum absolute atomic E-state index is 0.00235. The molecule has 0 radical (unpaired) electrons. The number of halogens is 2. The maximum Gasteiger partial charge on any atom is 0.335 e. The van der Waals surface area contributed by atoms with Crippen LogP contribution < -0.4 is 4.90 Å². The van der Waals surface area contributed by atoms with Gasteiger partial charge in [-0.25, -0.2) is 9.97 Å². The number of piperidine rings is 1. The first-order valence-electron chi connectivity index (χ1n) is 7.26. The monoisotopic (exact) mass is 304 g/mol. The minimum atomic E-state index is -2.73. The zero-order valence-electron chi connectivity index (χ0n) is 11.8. The number of rotatable bonds is 2. The van der Waals surface area contributed by atoms with E-state index < -0.39 is 6.55 Å². The highest BCUT2D eigenvalue weighted by molar-refractivity contribution is 5.71. The van der Waals surface area contributed by atoms with Crippen LogP contribution in [-0.2, 0) is 0 Å². The van der Waals surface area contributed by atoms with Gasteiger partial charge in [0.1, 0.15) is 11.3 Å². The average molecular weight is 304 g/mol. The summed E-state index contributed by atoms with van der Waals surface area (Å²) < 4.78 is 26.1. The first-order valence-corrected chi connectivity index (χ1v) is 7.26. The fourth-order valence-electron chi connectivity index (χ4n) is 3.30. The summed E-state index contributed by atoms with van der Waals surface area (Å²) in [6.07, 6.45) is 6.02. The highest BCUT2D eigenvalue weighted by atomic mass is 19.3. The number of nitrogens with zero attached hydrogens (tertiary/aromatic N) is 6. The summed E-state index contributed by atoms with van der Waals surface area (Å²) in [4.78, 5) is 10.5. The molecule has 8 heteroatoms. The number of anilines is 1. The lowest BCUT2D eigenvalue weighted by Crippen LogP contribution is -2.41. The maximum absolute atomic E-state index is 12.8. The van der Waals surface area contributed by atoms with E-state index in [1.807, 2.05) is 4.90 Å². The Morgan fingerprint density at radius 1 is 1.32 bits per heavy atom. The SMILES string of the molecule is N#CC1CN(c2cnc3c(cnn3C(F)F)n2)CCC12CC2. The van der Waals surface area contributed by atoms with Gasteiger partial charge < -0.3 is 4.90 Å². The highest BCUT2D eigenvalue weighted by Gasteiger charge is 2.52. The molecule has 1 saturated carbocycles. The second-order valence-electron chi connectivity index (χ2n) is 6.04. The third-order valence-electron chi connectivity index (χ3n) is 4.87. The van der Waals surface area contributed by atoms with Crippen LogP contribution in [0.4, 0.5) is 14.6 Å². The molecular formula is C14H14F2N6. The van der Waals surface area contributed by atoms with E-state index in [1.165, 1.54) is 12.4 Å². The van der Waals surface area contributed by atoms with Gasteiger partial charge in [0, 0.05) is 13.1 Å². The van der Waals surface area contributed by atoms with Crippen LogP contribution in [0.1, 0.15) is 25.8 Å². The molecule has 1 aliphatic carbocycles. The molecule has 2 aliphatic rings. The molecule has 0 amide bonds. The number of aromatic nitrogens is 4. The van der Waals surface area contributed by atoms with Crippen LogP contribution in [0.5, 0.6) is 0 Å². The molecule has 1 saturated heterocycles. The van der Waals surface area contributed by atoms with Crippen LogP contribution in [-0.4, -0.2) is 32.8 Å². The predicted octanol–water partition coefficient (Wildman–Crippen LogP) is 2.35. The van der Waals surface area contributed by atoms with Crippen LogP contribution in [0.3, 0.4) is 0 Å². The van der Waals surface area contributed by atoms with Crippen molar-refractivity contribution in [2.75, 3.05) is 18.0 Å². The Balaban J connectivity index is 1.63. The zero-order valence-corrected chi connectivity index (χ0v) is 11.8. The summed E-state index contributed by atoms with van der Waals surface area (Å²) >= 11 is 0. The largest absolute Gasteiger partial charge is 0.354 e. The van der Waals surface area contributed by atoms with Crippen molar-refractivity contribution in [3.8, 4) is 6.07 Å². The molecule has 114 valence electrons. The van der Waals surface area contributed by atoms with E-state index in [-0.39, 0.29) is 17.0 Å². The van der Waals surface area contributed by atoms with Crippen molar-refractivity contribution >= 4 is 17.0 Å². The van der Waals surface area contributed by atoms with E-state index in [1.54, 1.807) is 0 Å². The van der Waals surface area contributed by atoms with Crippen molar-refractivity contribution in [3.63, 3.8) is 0 Å². The van der Waals surface area contributed by atoms with Crippen molar-refractivity contribution in [2.45, 2.75) is 25.8 Å². The minimum Gasteiger partial charge on any atom is -0.354 e. The molecule has 4 rings (SSSR count). The Morgan fingerprint density at radius 2 is 2.14 bits per heavy atom. The van der Waals surface area contributed by atoms with E-state index in [2.05, 4.69) is 21.1 Å². The van der Waals surface area contributed by atoms with E-state index in [4.69, 9.17) is 0 Å². The fraction of sp³-hybridized carbons (Fsp3) is 0.571. The number of nitriles is 1. The van der Waals surface area contributed by atoms with Crippen molar-refractivity contribution in [1.29, 1.82) is 5.26 Å². The van der Waals surface area contributed by atoms with Gasteiger partial charge in [-0.15, -0.1) is 0 Å². The second kappa shape index (κ2) is 4.60. The molecule has 1 unspecified atom stereocenters. The van der Waals surface area contributed by atoms with Crippen molar-refractivity contribution in [3.05, 3.63) is 12.4 Å². The van der Waals surface area contributed by atoms with Gasteiger partial charge >= 0.3 is 6.55 Å². The highest BCUT2D eigenvalue weighted by Crippen LogP contribution is 2.56. The fourth-order valence-corrected chi connectivity index (χ4v) is 3.30. The Morgan fingerprint density at radius 3 is 2.82 bits per heavy atom. The summed E-state index contributed by atoms with van der Waals surface area (Å²) in [5.41, 5.74) is 0.632. The van der Waals surface area contributed by atoms with E-state index in [0.717, 1.165) is 25.8 Å². The molecule has 0 aromatic carbocycles. The molecule has 3 heterocycles. The molecule has 0 N–H and O–H groups in total. The van der Waals surface area contributed by atoms with E-state index in [9.17, 15) is 14.0 Å². The Hall–Kier alpha value is -2.30. The summed E-state index contributed by atoms with van der Waals surface area (Å²) in [5.74, 6) is 0.625. The third kappa shape index (κ3) is 1.92. The van der Waals surface area contributed by atoms with Crippen molar-refractivity contribution < 1.29 is 8.78 Å². The Bertz CT molecular complexity index is 760. The predicted molar refractivity (Wildman–Crippen MR) is 74.2 cm³/mol. The van der Waals surface area contributed by atoms with Gasteiger partial charge in [0.15, 0.2) is 5.65 Å². The first-order chi connectivity index (χ1) is 10.6. The molecule has 1 spiro atoms. The Labute approximate surface area is 125 Å². The van der Waals surface area contributed by atoms with Crippen LogP contribution in [0.2, 0.25) is 0 Å². The maximum atomic E-state index is 12.8. The second-order valence-corrected chi connectivity index (χ2v) is 6.04. The van der Waals surface area contributed by atoms with Crippen LogP contribution in [0, 0.1) is 22.7 Å². The Kier molecular flexibility index (Phi) is 2.79. The zero-order chi connectivity index (χ0) is 15.3. The summed E-state index contributed by atoms with van der Waals surface area (Å²) in [5, 5.41) is 13.0. The third-order valence-corrected chi connectivity index (χ3v) is 4.87. The van der Waals surface area contributed by atoms with Crippen molar-refractivity contribution in [1.82, 2.24) is 19.7 Å². The lowest BCUT2D eigenvalue weighted by Gasteiger charge is -2.36. The molecule has 2 fully saturated rings. The molecule has 6 nitrogen and oxygen atoms in total. The average Bonchev–Trinajstić information content (AvgIpc) is 3.15. The molecule has 2 aromatic heterocycles. The lowest BCUT2D eigenvalue weighted by molar-refractivity contribution is 0.0608. The van der Waals surface area contributed by atoms with Gasteiger partial charge in [0.25, 0.3) is 0 Å². The normalized spacial score (nSPS) is 23.2. The number of fused-ring (bicyclic) bond motifs is 1. The van der Waals surface area contributed by atoms with Crippen LogP contribution in [0.25, 0.3) is 11.2 Å². The van der Waals surface area contributed by atoms with Crippen LogP contribution in [0.15, 0.2) is 12.4 Å². The molecule has 1 atom stereocenters. The van der Waals surface area contributed by atoms with Gasteiger partial charge in [-0.05, 0) is 24.7 Å². The van der Waals surface area contributed by atoms with Gasteiger partial charge in [0.05, 0.1) is 24.4 Å². The smallest absolute Gasteiger partial charge is 0.335 e. The van der Waals surface area contributed by atoms with Gasteiger partial charge in [-0.1, -0.05) is 0 Å². The topological polar surface area (TPSA) is 70.6 Å². The number of hydrogen-bond donors (Lipinski definition) is 0. The van der Waals surface area contributed by atoms with Crippen molar-refractivity contribution in [2.24, 2.45) is 11.3 Å². The van der Waals surface area contributed by atoms with E-state index in [0.29, 0.717) is 22.6 Å².